The summed E-state index contributed by atoms with van der Waals surface area (Å²) in [7, 11) is 0. The van der Waals surface area contributed by atoms with Crippen LogP contribution >= 0.6 is 0 Å². The number of carbonyl (C=O) groups is 1. The number of aromatic hydroxyl groups is 1. The van der Waals surface area contributed by atoms with Crippen LogP contribution in [0.25, 0.3) is 0 Å². The Morgan fingerprint density at radius 2 is 2.05 bits per heavy atom. The maximum atomic E-state index is 12.0. The number of para-hydroxylation sites is 1. The fourth-order valence-corrected chi connectivity index (χ4v) is 2.28. The average molecular weight is 273 g/mol. The number of furan rings is 1. The fourth-order valence-electron chi connectivity index (χ4n) is 2.28. The van der Waals surface area contributed by atoms with Gasteiger partial charge in [-0.25, -0.2) is 0 Å². The number of hydrogen-bond acceptors (Lipinski definition) is 3. The van der Waals surface area contributed by atoms with Crippen LogP contribution in [0.3, 0.4) is 0 Å². The molecular weight excluding hydrogens is 254 g/mol. The molecule has 0 saturated heterocycles. The fraction of sp³-hybridized carbons (Fsp3) is 0.312. The van der Waals surface area contributed by atoms with Gasteiger partial charge >= 0.3 is 0 Å². The van der Waals surface area contributed by atoms with E-state index in [2.05, 4.69) is 5.32 Å². The number of carbonyl (C=O) groups excluding carboxylic acids is 1. The number of rotatable bonds is 4. The lowest BCUT2D eigenvalue weighted by Crippen LogP contribution is -2.28. The van der Waals surface area contributed by atoms with Crippen molar-refractivity contribution in [1.29, 1.82) is 0 Å². The van der Waals surface area contributed by atoms with Crippen molar-refractivity contribution in [1.82, 2.24) is 5.32 Å². The lowest BCUT2D eigenvalue weighted by molar-refractivity contribution is -0.121. The highest BCUT2D eigenvalue weighted by Gasteiger charge is 2.15. The van der Waals surface area contributed by atoms with Crippen molar-refractivity contribution in [2.75, 3.05) is 0 Å². The summed E-state index contributed by atoms with van der Waals surface area (Å²) in [6.07, 6.45) is 0.160. The first-order valence-corrected chi connectivity index (χ1v) is 6.60. The van der Waals surface area contributed by atoms with Gasteiger partial charge in [0.25, 0.3) is 0 Å². The minimum Gasteiger partial charge on any atom is -0.508 e. The molecule has 0 aliphatic rings. The van der Waals surface area contributed by atoms with Crippen molar-refractivity contribution in [3.05, 3.63) is 53.0 Å². The minimum absolute atomic E-state index is 0.120. The van der Waals surface area contributed by atoms with Crippen LogP contribution < -0.4 is 5.32 Å². The van der Waals surface area contributed by atoms with Gasteiger partial charge in [0, 0.05) is 11.1 Å². The lowest BCUT2D eigenvalue weighted by atomic mass is 10.1. The molecule has 0 bridgehead atoms. The topological polar surface area (TPSA) is 62.5 Å². The van der Waals surface area contributed by atoms with E-state index in [0.717, 1.165) is 17.1 Å². The van der Waals surface area contributed by atoms with Gasteiger partial charge in [0.15, 0.2) is 0 Å². The Bertz CT molecular complexity index is 616. The van der Waals surface area contributed by atoms with Crippen molar-refractivity contribution in [3.63, 3.8) is 0 Å². The first kappa shape index (κ1) is 14.2. The van der Waals surface area contributed by atoms with E-state index in [0.29, 0.717) is 5.56 Å². The third kappa shape index (κ3) is 3.20. The highest BCUT2D eigenvalue weighted by Crippen LogP contribution is 2.22. The van der Waals surface area contributed by atoms with Crippen molar-refractivity contribution in [3.8, 4) is 5.75 Å². The Hall–Kier alpha value is -2.23. The molecule has 2 N–H and O–H groups in total. The molecule has 0 radical (unpaired) electrons. The summed E-state index contributed by atoms with van der Waals surface area (Å²) in [5.74, 6) is 1.67. The van der Waals surface area contributed by atoms with Crippen molar-refractivity contribution >= 4 is 5.91 Å². The standard InChI is InChI=1S/C16H19NO3/c1-10-8-14(12(3)20-10)11(2)17-16(19)9-13-6-4-5-7-15(13)18/h4-8,11,18H,9H2,1-3H3,(H,17,19). The van der Waals surface area contributed by atoms with Crippen LogP contribution in [0.1, 0.15) is 35.6 Å². The van der Waals surface area contributed by atoms with Crippen LogP contribution in [0.2, 0.25) is 0 Å². The molecular formula is C16H19NO3. The molecule has 1 aromatic heterocycles. The van der Waals surface area contributed by atoms with E-state index in [-0.39, 0.29) is 24.1 Å². The van der Waals surface area contributed by atoms with Gasteiger partial charge in [0.05, 0.1) is 12.5 Å². The Morgan fingerprint density at radius 3 is 2.65 bits per heavy atom. The Balaban J connectivity index is 2.01. The molecule has 4 heteroatoms. The first-order valence-electron chi connectivity index (χ1n) is 6.60. The summed E-state index contributed by atoms with van der Waals surface area (Å²) in [6.45, 7) is 5.68. The van der Waals surface area contributed by atoms with Crippen LogP contribution in [0.4, 0.5) is 0 Å². The molecule has 1 heterocycles. The normalized spacial score (nSPS) is 12.2. The largest absolute Gasteiger partial charge is 0.508 e. The third-order valence-corrected chi connectivity index (χ3v) is 3.27. The third-order valence-electron chi connectivity index (χ3n) is 3.27. The Morgan fingerprint density at radius 1 is 1.35 bits per heavy atom. The van der Waals surface area contributed by atoms with E-state index >= 15 is 0 Å². The second kappa shape index (κ2) is 5.82. The molecule has 1 atom stereocenters. The molecule has 2 aromatic rings. The van der Waals surface area contributed by atoms with E-state index in [9.17, 15) is 9.90 Å². The molecule has 0 saturated carbocycles. The number of benzene rings is 1. The predicted octanol–water partition coefficient (Wildman–Crippen LogP) is 3.02. The molecule has 1 amide bonds. The van der Waals surface area contributed by atoms with Gasteiger partial charge in [0.1, 0.15) is 17.3 Å². The molecule has 20 heavy (non-hydrogen) atoms. The second-order valence-corrected chi connectivity index (χ2v) is 4.96. The zero-order chi connectivity index (χ0) is 14.7. The van der Waals surface area contributed by atoms with E-state index in [1.165, 1.54) is 0 Å². The van der Waals surface area contributed by atoms with Crippen LogP contribution in [0.15, 0.2) is 34.7 Å². The molecule has 0 fully saturated rings. The molecule has 1 aromatic carbocycles. The first-order chi connectivity index (χ1) is 9.47. The number of amides is 1. The molecule has 1 unspecified atom stereocenters. The zero-order valence-corrected chi connectivity index (χ0v) is 11.9. The molecule has 0 aliphatic carbocycles. The van der Waals surface area contributed by atoms with Gasteiger partial charge in [-0.1, -0.05) is 18.2 Å². The number of nitrogens with one attached hydrogen (secondary N) is 1. The summed E-state index contributed by atoms with van der Waals surface area (Å²) in [6, 6.07) is 8.67. The Labute approximate surface area is 118 Å². The highest BCUT2D eigenvalue weighted by molar-refractivity contribution is 5.79. The lowest BCUT2D eigenvalue weighted by Gasteiger charge is -2.13. The summed E-state index contributed by atoms with van der Waals surface area (Å²) >= 11 is 0. The van der Waals surface area contributed by atoms with Gasteiger partial charge in [-0.05, 0) is 32.9 Å². The number of phenolic OH excluding ortho intramolecular Hbond substituents is 1. The minimum atomic E-state index is -0.128. The zero-order valence-electron chi connectivity index (χ0n) is 11.9. The maximum absolute atomic E-state index is 12.0. The van der Waals surface area contributed by atoms with Crippen LogP contribution in [-0.4, -0.2) is 11.0 Å². The summed E-state index contributed by atoms with van der Waals surface area (Å²) in [4.78, 5) is 12.0. The van der Waals surface area contributed by atoms with E-state index < -0.39 is 0 Å². The van der Waals surface area contributed by atoms with Crippen molar-refractivity contribution in [2.24, 2.45) is 0 Å². The molecule has 106 valence electrons. The summed E-state index contributed by atoms with van der Waals surface area (Å²) < 4.78 is 5.46. The van der Waals surface area contributed by atoms with Crippen LogP contribution in [-0.2, 0) is 11.2 Å². The van der Waals surface area contributed by atoms with Crippen molar-refractivity contribution in [2.45, 2.75) is 33.2 Å². The second-order valence-electron chi connectivity index (χ2n) is 4.96. The number of phenols is 1. The van der Waals surface area contributed by atoms with Gasteiger partial charge in [0.2, 0.25) is 5.91 Å². The van der Waals surface area contributed by atoms with Crippen LogP contribution in [0, 0.1) is 13.8 Å². The molecule has 0 aliphatic heterocycles. The Kier molecular flexibility index (Phi) is 4.13. The quantitative estimate of drug-likeness (QED) is 0.900. The monoisotopic (exact) mass is 273 g/mol. The summed E-state index contributed by atoms with van der Waals surface area (Å²) in [5.41, 5.74) is 1.60. The van der Waals surface area contributed by atoms with Gasteiger partial charge in [-0.2, -0.15) is 0 Å². The molecule has 0 spiro atoms. The number of hydrogen-bond donors (Lipinski definition) is 2. The number of aryl methyl sites for hydroxylation is 2. The smallest absolute Gasteiger partial charge is 0.225 e. The van der Waals surface area contributed by atoms with Crippen molar-refractivity contribution < 1.29 is 14.3 Å². The van der Waals surface area contributed by atoms with Gasteiger partial charge in [-0.3, -0.25) is 4.79 Å². The predicted molar refractivity (Wildman–Crippen MR) is 76.6 cm³/mol. The summed E-state index contributed by atoms with van der Waals surface area (Å²) in [5, 5.41) is 12.6. The maximum Gasteiger partial charge on any atom is 0.225 e. The SMILES string of the molecule is Cc1cc(C(C)NC(=O)Cc2ccccc2O)c(C)o1. The van der Waals surface area contributed by atoms with E-state index in [4.69, 9.17) is 4.42 Å². The molecule has 2 rings (SSSR count). The van der Waals surface area contributed by atoms with Gasteiger partial charge in [-0.15, -0.1) is 0 Å². The van der Waals surface area contributed by atoms with E-state index in [1.807, 2.05) is 26.8 Å². The van der Waals surface area contributed by atoms with Crippen LogP contribution in [0.5, 0.6) is 5.75 Å². The van der Waals surface area contributed by atoms with Gasteiger partial charge < -0.3 is 14.8 Å². The average Bonchev–Trinajstić information content (AvgIpc) is 2.71. The van der Waals surface area contributed by atoms with E-state index in [1.54, 1.807) is 24.3 Å². The molecule has 4 nitrogen and oxygen atoms in total. The highest BCUT2D eigenvalue weighted by atomic mass is 16.3.